The van der Waals surface area contributed by atoms with Gasteiger partial charge in [-0.3, -0.25) is 9.69 Å². The van der Waals surface area contributed by atoms with Gasteiger partial charge in [0.2, 0.25) is 0 Å². The maximum Gasteiger partial charge on any atom is 0.264 e. The minimum absolute atomic E-state index is 0.192. The molecule has 2 heterocycles. The predicted molar refractivity (Wildman–Crippen MR) is 86.2 cm³/mol. The molecule has 0 saturated carbocycles. The number of aromatic amines is 1. The Kier molecular flexibility index (Phi) is 4.53. The van der Waals surface area contributed by atoms with Gasteiger partial charge in [0.1, 0.15) is 12.4 Å². The zero-order chi connectivity index (χ0) is 15.4. The summed E-state index contributed by atoms with van der Waals surface area (Å²) in [5.74, 6) is 0.910. The van der Waals surface area contributed by atoms with E-state index in [9.17, 15) is 4.79 Å². The molecule has 0 spiro atoms. The van der Waals surface area contributed by atoms with Crippen molar-refractivity contribution >= 4 is 0 Å². The lowest BCUT2D eigenvalue weighted by molar-refractivity contribution is 0.237. The summed E-state index contributed by atoms with van der Waals surface area (Å²) in [7, 11) is 0. The molecule has 1 aliphatic rings. The molecular weight excluding hydrogens is 278 g/mol. The standard InChI is InChI=1S/C17H21N3O2/c1-13-12-14(15-5-7-17(21)19-18-15)4-6-16(13)22-11-10-20-8-2-3-9-20/h4-7,12H,2-3,8-11H2,1H3,(H,19,21). The van der Waals surface area contributed by atoms with Crippen LogP contribution in [0.4, 0.5) is 0 Å². The van der Waals surface area contributed by atoms with Crippen LogP contribution in [0.1, 0.15) is 18.4 Å². The smallest absolute Gasteiger partial charge is 0.264 e. The first-order chi connectivity index (χ1) is 10.7. The number of likely N-dealkylation sites (tertiary alicyclic amines) is 1. The number of aryl methyl sites for hydroxylation is 1. The van der Waals surface area contributed by atoms with Gasteiger partial charge in [-0.2, -0.15) is 5.10 Å². The van der Waals surface area contributed by atoms with E-state index in [2.05, 4.69) is 15.1 Å². The van der Waals surface area contributed by atoms with Gasteiger partial charge in [-0.15, -0.1) is 0 Å². The summed E-state index contributed by atoms with van der Waals surface area (Å²) in [6.07, 6.45) is 2.61. The summed E-state index contributed by atoms with van der Waals surface area (Å²) in [4.78, 5) is 13.5. The number of ether oxygens (including phenoxy) is 1. The number of H-pyrrole nitrogens is 1. The van der Waals surface area contributed by atoms with Crippen LogP contribution in [0.15, 0.2) is 35.1 Å². The summed E-state index contributed by atoms with van der Waals surface area (Å²) in [6, 6.07) is 9.19. The number of nitrogens with zero attached hydrogens (tertiary/aromatic N) is 2. The number of hydrogen-bond donors (Lipinski definition) is 1. The first kappa shape index (κ1) is 14.8. The van der Waals surface area contributed by atoms with Gasteiger partial charge in [-0.25, -0.2) is 5.10 Å². The van der Waals surface area contributed by atoms with E-state index < -0.39 is 0 Å². The Morgan fingerprint density at radius 1 is 1.23 bits per heavy atom. The van der Waals surface area contributed by atoms with Gasteiger partial charge in [-0.1, -0.05) is 0 Å². The topological polar surface area (TPSA) is 58.2 Å². The van der Waals surface area contributed by atoms with Crippen molar-refractivity contribution in [3.05, 3.63) is 46.2 Å². The number of benzene rings is 1. The first-order valence-electron chi connectivity index (χ1n) is 7.74. The van der Waals surface area contributed by atoms with E-state index in [1.165, 1.54) is 32.0 Å². The second kappa shape index (κ2) is 6.75. The van der Waals surface area contributed by atoms with Crippen molar-refractivity contribution in [3.8, 4) is 17.0 Å². The maximum absolute atomic E-state index is 11.1. The largest absolute Gasteiger partial charge is 0.492 e. The van der Waals surface area contributed by atoms with Gasteiger partial charge in [0, 0.05) is 18.2 Å². The van der Waals surface area contributed by atoms with E-state index in [4.69, 9.17) is 4.74 Å². The Morgan fingerprint density at radius 2 is 2.05 bits per heavy atom. The van der Waals surface area contributed by atoms with Crippen LogP contribution in [0.2, 0.25) is 0 Å². The van der Waals surface area contributed by atoms with E-state index in [0.29, 0.717) is 0 Å². The summed E-state index contributed by atoms with van der Waals surface area (Å²) < 4.78 is 5.89. The van der Waals surface area contributed by atoms with Crippen LogP contribution in [0.3, 0.4) is 0 Å². The number of aromatic nitrogens is 2. The van der Waals surface area contributed by atoms with Crippen LogP contribution >= 0.6 is 0 Å². The predicted octanol–water partition coefficient (Wildman–Crippen LogP) is 2.22. The van der Waals surface area contributed by atoms with Crippen molar-refractivity contribution in [3.63, 3.8) is 0 Å². The molecule has 0 aliphatic carbocycles. The fourth-order valence-corrected chi connectivity index (χ4v) is 2.77. The molecule has 116 valence electrons. The number of nitrogens with one attached hydrogen (secondary N) is 1. The molecule has 1 aromatic heterocycles. The molecule has 5 nitrogen and oxygen atoms in total. The third-order valence-corrected chi connectivity index (χ3v) is 4.01. The number of hydrogen-bond acceptors (Lipinski definition) is 4. The zero-order valence-corrected chi connectivity index (χ0v) is 12.8. The molecule has 0 unspecified atom stereocenters. The Morgan fingerprint density at radius 3 is 2.73 bits per heavy atom. The fraction of sp³-hybridized carbons (Fsp3) is 0.412. The number of rotatable bonds is 5. The van der Waals surface area contributed by atoms with Gasteiger partial charge in [0.15, 0.2) is 0 Å². The summed E-state index contributed by atoms with van der Waals surface area (Å²) in [6.45, 7) is 6.12. The molecule has 1 fully saturated rings. The van der Waals surface area contributed by atoms with Crippen LogP contribution < -0.4 is 10.3 Å². The quantitative estimate of drug-likeness (QED) is 0.919. The Hall–Kier alpha value is -2.14. The van der Waals surface area contributed by atoms with Crippen molar-refractivity contribution in [2.45, 2.75) is 19.8 Å². The molecule has 5 heteroatoms. The minimum atomic E-state index is -0.192. The second-order valence-electron chi connectivity index (χ2n) is 5.68. The van der Waals surface area contributed by atoms with Crippen LogP contribution in [-0.4, -0.2) is 41.3 Å². The van der Waals surface area contributed by atoms with Crippen LogP contribution in [-0.2, 0) is 0 Å². The highest BCUT2D eigenvalue weighted by Crippen LogP contribution is 2.24. The van der Waals surface area contributed by atoms with E-state index >= 15 is 0 Å². The molecule has 1 aliphatic heterocycles. The molecule has 3 rings (SSSR count). The van der Waals surface area contributed by atoms with E-state index in [0.717, 1.165) is 35.7 Å². The Bertz CT molecular complexity index is 670. The zero-order valence-electron chi connectivity index (χ0n) is 12.8. The molecule has 0 bridgehead atoms. The molecular formula is C17H21N3O2. The molecule has 1 aromatic carbocycles. The SMILES string of the molecule is Cc1cc(-c2ccc(=O)[nH]n2)ccc1OCCN1CCCC1. The second-order valence-corrected chi connectivity index (χ2v) is 5.68. The van der Waals surface area contributed by atoms with E-state index in [-0.39, 0.29) is 5.56 Å². The molecule has 2 aromatic rings. The lowest BCUT2D eigenvalue weighted by Crippen LogP contribution is -2.25. The van der Waals surface area contributed by atoms with Crippen molar-refractivity contribution in [1.82, 2.24) is 15.1 Å². The highest BCUT2D eigenvalue weighted by molar-refractivity contribution is 5.61. The Balaban J connectivity index is 1.64. The third kappa shape index (κ3) is 3.54. The fourth-order valence-electron chi connectivity index (χ4n) is 2.77. The van der Waals surface area contributed by atoms with Crippen LogP contribution in [0, 0.1) is 6.92 Å². The van der Waals surface area contributed by atoms with Gasteiger partial charge in [-0.05, 0) is 62.7 Å². The van der Waals surface area contributed by atoms with Crippen LogP contribution in [0.25, 0.3) is 11.3 Å². The summed E-state index contributed by atoms with van der Waals surface area (Å²) in [5.41, 5.74) is 2.61. The van der Waals surface area contributed by atoms with Gasteiger partial charge in [0.05, 0.1) is 5.69 Å². The highest BCUT2D eigenvalue weighted by atomic mass is 16.5. The third-order valence-electron chi connectivity index (χ3n) is 4.01. The summed E-state index contributed by atoms with van der Waals surface area (Å²) >= 11 is 0. The first-order valence-corrected chi connectivity index (χ1v) is 7.74. The Labute approximate surface area is 129 Å². The highest BCUT2D eigenvalue weighted by Gasteiger charge is 2.11. The van der Waals surface area contributed by atoms with E-state index in [1.54, 1.807) is 6.07 Å². The van der Waals surface area contributed by atoms with Gasteiger partial charge in [0.25, 0.3) is 5.56 Å². The van der Waals surface area contributed by atoms with Crippen molar-refractivity contribution in [2.75, 3.05) is 26.2 Å². The van der Waals surface area contributed by atoms with Gasteiger partial charge < -0.3 is 4.74 Å². The molecule has 0 atom stereocenters. The average Bonchev–Trinajstić information content (AvgIpc) is 3.03. The molecule has 22 heavy (non-hydrogen) atoms. The average molecular weight is 299 g/mol. The van der Waals surface area contributed by atoms with Crippen LogP contribution in [0.5, 0.6) is 5.75 Å². The van der Waals surface area contributed by atoms with Crippen molar-refractivity contribution in [1.29, 1.82) is 0 Å². The molecule has 1 N–H and O–H groups in total. The van der Waals surface area contributed by atoms with Crippen molar-refractivity contribution < 1.29 is 4.74 Å². The molecule has 0 amide bonds. The molecule has 0 radical (unpaired) electrons. The van der Waals surface area contributed by atoms with Crippen molar-refractivity contribution in [2.24, 2.45) is 0 Å². The lowest BCUT2D eigenvalue weighted by atomic mass is 10.1. The van der Waals surface area contributed by atoms with E-state index in [1.807, 2.05) is 25.1 Å². The van der Waals surface area contributed by atoms with Gasteiger partial charge >= 0.3 is 0 Å². The minimum Gasteiger partial charge on any atom is -0.492 e. The molecule has 1 saturated heterocycles. The summed E-state index contributed by atoms with van der Waals surface area (Å²) in [5, 5.41) is 6.50. The monoisotopic (exact) mass is 299 g/mol. The normalized spacial score (nSPS) is 15.1. The maximum atomic E-state index is 11.1. The lowest BCUT2D eigenvalue weighted by Gasteiger charge is -2.16.